The van der Waals surface area contributed by atoms with Crippen LogP contribution >= 0.6 is 0 Å². The molecule has 4 N–H and O–H groups in total. The van der Waals surface area contributed by atoms with Gasteiger partial charge in [-0.15, -0.1) is 0 Å². The minimum absolute atomic E-state index is 0.0485. The van der Waals surface area contributed by atoms with Gasteiger partial charge in [-0.3, -0.25) is 9.59 Å². The summed E-state index contributed by atoms with van der Waals surface area (Å²) in [5.41, 5.74) is 6.55. The van der Waals surface area contributed by atoms with Crippen LogP contribution in [0.3, 0.4) is 0 Å². The van der Waals surface area contributed by atoms with Crippen LogP contribution in [0.25, 0.3) is 6.20 Å². The molecule has 2 unspecified atom stereocenters. The van der Waals surface area contributed by atoms with E-state index in [-0.39, 0.29) is 41.1 Å². The molecule has 2 amide bonds. The highest BCUT2D eigenvalue weighted by atomic mass is 16.5. The van der Waals surface area contributed by atoms with Gasteiger partial charge in [0.25, 0.3) is 5.91 Å². The fourth-order valence-corrected chi connectivity index (χ4v) is 5.29. The lowest BCUT2D eigenvalue weighted by Crippen LogP contribution is -2.52. The van der Waals surface area contributed by atoms with Crippen molar-refractivity contribution in [1.29, 1.82) is 0 Å². The van der Waals surface area contributed by atoms with Crippen LogP contribution in [0, 0.1) is 23.7 Å². The number of hydrogen-bond donors (Lipinski definition) is 3. The maximum absolute atomic E-state index is 13.4. The number of ether oxygens (including phenoxy) is 1. The van der Waals surface area contributed by atoms with E-state index in [2.05, 4.69) is 36.2 Å². The van der Waals surface area contributed by atoms with Crippen molar-refractivity contribution >= 4 is 18.0 Å². The molecule has 2 aliphatic carbocycles. The molecule has 2 saturated carbocycles. The molecule has 2 aliphatic rings. The van der Waals surface area contributed by atoms with Gasteiger partial charge in [0, 0.05) is 23.9 Å². The van der Waals surface area contributed by atoms with E-state index in [1.165, 1.54) is 0 Å². The second kappa shape index (κ2) is 10.7. The van der Waals surface area contributed by atoms with E-state index in [0.717, 1.165) is 37.8 Å². The first-order valence-corrected chi connectivity index (χ1v) is 12.4. The number of carbonyl (C=O) groups is 2. The van der Waals surface area contributed by atoms with Crippen molar-refractivity contribution in [3.05, 3.63) is 30.1 Å². The van der Waals surface area contributed by atoms with E-state index in [1.54, 1.807) is 10.9 Å². The topological polar surface area (TPSA) is 111 Å². The summed E-state index contributed by atoms with van der Waals surface area (Å²) < 4.78 is 7.67. The SMILES string of the molecule is C=C(C)NC(C)(C)/C=C/n1ncc(C(=O)NC2C3CCCC2CC(C(N)=O)C3)c1OCC(C)C. The molecule has 8 heteroatoms. The molecule has 1 heterocycles. The lowest BCUT2D eigenvalue weighted by molar-refractivity contribution is -0.124. The van der Waals surface area contributed by atoms with Gasteiger partial charge in [0.05, 0.1) is 18.3 Å². The van der Waals surface area contributed by atoms with Crippen molar-refractivity contribution < 1.29 is 14.3 Å². The first-order chi connectivity index (χ1) is 16.0. The zero-order valence-electron chi connectivity index (χ0n) is 21.3. The first-order valence-electron chi connectivity index (χ1n) is 12.4. The minimum atomic E-state index is -0.341. The summed E-state index contributed by atoms with van der Waals surface area (Å²) in [6, 6.07) is 0.0485. The number of amides is 2. The zero-order valence-corrected chi connectivity index (χ0v) is 21.3. The molecule has 0 radical (unpaired) electrons. The molecule has 34 heavy (non-hydrogen) atoms. The third-order valence-corrected chi connectivity index (χ3v) is 6.76. The van der Waals surface area contributed by atoms with Crippen molar-refractivity contribution in [2.24, 2.45) is 29.4 Å². The number of nitrogens with zero attached hydrogens (tertiary/aromatic N) is 2. The summed E-state index contributed by atoms with van der Waals surface area (Å²) in [6.45, 7) is 14.5. The molecule has 2 atom stereocenters. The normalized spacial score (nSPS) is 24.8. The number of hydrogen-bond acceptors (Lipinski definition) is 5. The van der Waals surface area contributed by atoms with Gasteiger partial charge in [-0.25, -0.2) is 4.68 Å². The molecule has 0 saturated heterocycles. The second-order valence-electron chi connectivity index (χ2n) is 11.0. The Kier molecular flexibility index (Phi) is 8.10. The number of allylic oxidation sites excluding steroid dienone is 1. The van der Waals surface area contributed by atoms with Crippen LogP contribution in [0.2, 0.25) is 0 Å². The Bertz CT molecular complexity index is 919. The van der Waals surface area contributed by atoms with Crippen LogP contribution < -0.4 is 21.1 Å². The lowest BCUT2D eigenvalue weighted by Gasteiger charge is -2.45. The van der Waals surface area contributed by atoms with Gasteiger partial charge >= 0.3 is 0 Å². The predicted octanol–water partition coefficient (Wildman–Crippen LogP) is 3.70. The molecule has 2 bridgehead atoms. The molecule has 2 fully saturated rings. The van der Waals surface area contributed by atoms with Crippen molar-refractivity contribution in [2.75, 3.05) is 6.61 Å². The highest BCUT2D eigenvalue weighted by Crippen LogP contribution is 2.43. The minimum Gasteiger partial charge on any atom is -0.477 e. The van der Waals surface area contributed by atoms with Crippen LogP contribution in [-0.2, 0) is 4.79 Å². The second-order valence-corrected chi connectivity index (χ2v) is 11.0. The number of primary amides is 1. The van der Waals surface area contributed by atoms with Crippen LogP contribution in [-0.4, -0.2) is 39.8 Å². The van der Waals surface area contributed by atoms with Gasteiger partial charge in [0.1, 0.15) is 5.56 Å². The van der Waals surface area contributed by atoms with E-state index in [4.69, 9.17) is 10.5 Å². The summed E-state index contributed by atoms with van der Waals surface area (Å²) in [7, 11) is 0. The van der Waals surface area contributed by atoms with Gasteiger partial charge < -0.3 is 21.1 Å². The quantitative estimate of drug-likeness (QED) is 0.482. The van der Waals surface area contributed by atoms with Crippen LogP contribution in [0.5, 0.6) is 5.88 Å². The van der Waals surface area contributed by atoms with Crippen molar-refractivity contribution in [3.63, 3.8) is 0 Å². The maximum Gasteiger partial charge on any atom is 0.258 e. The number of nitrogens with one attached hydrogen (secondary N) is 2. The molecular weight excluding hydrogens is 430 g/mol. The van der Waals surface area contributed by atoms with E-state index in [9.17, 15) is 9.59 Å². The summed E-state index contributed by atoms with van der Waals surface area (Å²) in [5, 5.41) is 11.0. The monoisotopic (exact) mass is 471 g/mol. The number of carbonyl (C=O) groups excluding carboxylic acids is 2. The highest BCUT2D eigenvalue weighted by Gasteiger charge is 2.43. The number of aromatic nitrogens is 2. The standard InChI is InChI=1S/C26H41N5O3/c1-16(2)15-34-25-21(14-28-31(25)11-10-26(5,6)30-17(3)4)24(33)29-22-18-8-7-9-19(22)13-20(12-18)23(27)32/h10-11,14,16,18-20,22,30H,3,7-9,12-13,15H2,1-2,4-6H3,(H2,27,32)(H,29,33)/b11-10+. The zero-order chi connectivity index (χ0) is 25.0. The van der Waals surface area contributed by atoms with Crippen LogP contribution in [0.1, 0.15) is 77.1 Å². The van der Waals surface area contributed by atoms with Crippen LogP contribution in [0.4, 0.5) is 0 Å². The fraction of sp³-hybridized carbons (Fsp3) is 0.654. The van der Waals surface area contributed by atoms with E-state index < -0.39 is 0 Å². The Balaban J connectivity index is 1.80. The molecule has 188 valence electrons. The Hall–Kier alpha value is -2.77. The van der Waals surface area contributed by atoms with Crippen molar-refractivity contribution in [2.45, 2.75) is 78.3 Å². The largest absolute Gasteiger partial charge is 0.477 e. The Morgan fingerprint density at radius 2 is 1.97 bits per heavy atom. The van der Waals surface area contributed by atoms with Gasteiger partial charge in [-0.05, 0) is 70.3 Å². The lowest BCUT2D eigenvalue weighted by atomic mass is 9.64. The Labute approximate surface area is 203 Å². The van der Waals surface area contributed by atoms with E-state index >= 15 is 0 Å². The maximum atomic E-state index is 13.4. The molecule has 1 aromatic rings. The third-order valence-electron chi connectivity index (χ3n) is 6.76. The van der Waals surface area contributed by atoms with Gasteiger partial charge in [0.15, 0.2) is 0 Å². The first kappa shape index (κ1) is 25.8. The molecule has 0 spiro atoms. The van der Waals surface area contributed by atoms with Crippen molar-refractivity contribution in [1.82, 2.24) is 20.4 Å². The molecule has 3 rings (SSSR count). The molecule has 0 aliphatic heterocycles. The molecule has 1 aromatic heterocycles. The summed E-state index contributed by atoms with van der Waals surface area (Å²) >= 11 is 0. The van der Waals surface area contributed by atoms with Gasteiger partial charge in [-0.2, -0.15) is 5.10 Å². The molecule has 0 aromatic carbocycles. The smallest absolute Gasteiger partial charge is 0.258 e. The Morgan fingerprint density at radius 1 is 1.32 bits per heavy atom. The summed E-state index contributed by atoms with van der Waals surface area (Å²) in [6.07, 6.45) is 10.00. The average molecular weight is 472 g/mol. The van der Waals surface area contributed by atoms with Gasteiger partial charge in [-0.1, -0.05) is 26.8 Å². The summed E-state index contributed by atoms with van der Waals surface area (Å²) in [4.78, 5) is 25.2. The molecule has 8 nitrogen and oxygen atoms in total. The Morgan fingerprint density at radius 3 is 2.53 bits per heavy atom. The van der Waals surface area contributed by atoms with Crippen LogP contribution in [0.15, 0.2) is 24.5 Å². The average Bonchev–Trinajstić information content (AvgIpc) is 3.12. The van der Waals surface area contributed by atoms with Crippen molar-refractivity contribution in [3.8, 4) is 5.88 Å². The van der Waals surface area contributed by atoms with E-state index in [0.29, 0.717) is 24.0 Å². The van der Waals surface area contributed by atoms with Gasteiger partial charge in [0.2, 0.25) is 11.8 Å². The number of rotatable bonds is 10. The number of nitrogens with two attached hydrogens (primary N) is 1. The highest BCUT2D eigenvalue weighted by molar-refractivity contribution is 5.96. The number of fused-ring (bicyclic) bond motifs is 2. The summed E-state index contributed by atoms with van der Waals surface area (Å²) in [5.74, 6) is 0.798. The molecular formula is C26H41N5O3. The third kappa shape index (κ3) is 6.42. The predicted molar refractivity (Wildman–Crippen MR) is 134 cm³/mol. The fourth-order valence-electron chi connectivity index (χ4n) is 5.29. The van der Waals surface area contributed by atoms with E-state index in [1.807, 2.05) is 33.0 Å².